The van der Waals surface area contributed by atoms with E-state index in [1.54, 1.807) is 0 Å². The number of nitrogens with zero attached hydrogens (tertiary/aromatic N) is 1. The smallest absolute Gasteiger partial charge is 0.230 e. The van der Waals surface area contributed by atoms with Crippen molar-refractivity contribution in [2.24, 2.45) is 5.41 Å². The van der Waals surface area contributed by atoms with Gasteiger partial charge in [0.2, 0.25) is 5.91 Å². The molecule has 3 rings (SSSR count). The summed E-state index contributed by atoms with van der Waals surface area (Å²) in [6.45, 7) is 4.75. The fourth-order valence-electron chi connectivity index (χ4n) is 3.76. The zero-order valence-electron chi connectivity index (χ0n) is 12.6. The highest BCUT2D eigenvalue weighted by Crippen LogP contribution is 2.40. The second kappa shape index (κ2) is 5.98. The minimum Gasteiger partial charge on any atom is -0.335 e. The van der Waals surface area contributed by atoms with Gasteiger partial charge in [-0.15, -0.1) is 0 Å². The number of amides is 1. The zero-order chi connectivity index (χ0) is 14.9. The number of carbonyl (C=O) groups is 1. The van der Waals surface area contributed by atoms with Crippen LogP contribution in [0.25, 0.3) is 0 Å². The molecule has 2 atom stereocenters. The Bertz CT molecular complexity index is 525. The van der Waals surface area contributed by atoms with E-state index in [4.69, 9.17) is 11.6 Å². The van der Waals surface area contributed by atoms with Gasteiger partial charge in [0, 0.05) is 18.1 Å². The Morgan fingerprint density at radius 1 is 1.48 bits per heavy atom. The molecule has 0 aliphatic carbocycles. The van der Waals surface area contributed by atoms with Crippen LogP contribution in [0.2, 0.25) is 5.02 Å². The number of halogens is 1. The Morgan fingerprint density at radius 3 is 2.95 bits per heavy atom. The van der Waals surface area contributed by atoms with Gasteiger partial charge in [0.25, 0.3) is 0 Å². The van der Waals surface area contributed by atoms with E-state index in [1.807, 2.05) is 18.2 Å². The number of carbonyl (C=O) groups excluding carboxylic acids is 1. The summed E-state index contributed by atoms with van der Waals surface area (Å²) in [5.41, 5.74) is 0.895. The van der Waals surface area contributed by atoms with Crippen LogP contribution in [0.1, 0.15) is 44.2 Å². The van der Waals surface area contributed by atoms with Crippen LogP contribution in [-0.4, -0.2) is 30.4 Å². The number of hydrogen-bond acceptors (Lipinski definition) is 2. The highest BCUT2D eigenvalue weighted by Gasteiger charge is 2.45. The predicted octanol–water partition coefficient (Wildman–Crippen LogP) is 3.39. The number of nitrogens with one attached hydrogen (secondary N) is 1. The van der Waals surface area contributed by atoms with Crippen molar-refractivity contribution in [2.45, 2.75) is 38.6 Å². The van der Waals surface area contributed by atoms with Crippen molar-refractivity contribution >= 4 is 17.5 Å². The molecular weight excluding hydrogens is 284 g/mol. The van der Waals surface area contributed by atoms with E-state index in [0.29, 0.717) is 5.91 Å². The molecule has 21 heavy (non-hydrogen) atoms. The van der Waals surface area contributed by atoms with E-state index in [1.165, 1.54) is 0 Å². The van der Waals surface area contributed by atoms with Gasteiger partial charge in [0.05, 0.1) is 11.5 Å². The molecule has 0 radical (unpaired) electrons. The van der Waals surface area contributed by atoms with Gasteiger partial charge in [-0.25, -0.2) is 0 Å². The summed E-state index contributed by atoms with van der Waals surface area (Å²) in [4.78, 5) is 15.2. The maximum Gasteiger partial charge on any atom is 0.230 e. The van der Waals surface area contributed by atoms with Crippen molar-refractivity contribution in [1.29, 1.82) is 0 Å². The van der Waals surface area contributed by atoms with Gasteiger partial charge in [0.1, 0.15) is 0 Å². The van der Waals surface area contributed by atoms with E-state index >= 15 is 0 Å². The van der Waals surface area contributed by atoms with Crippen molar-refractivity contribution in [3.05, 3.63) is 34.9 Å². The highest BCUT2D eigenvalue weighted by atomic mass is 35.5. The maximum absolute atomic E-state index is 13.1. The first-order valence-corrected chi connectivity index (χ1v) is 8.32. The molecule has 2 heterocycles. The van der Waals surface area contributed by atoms with Gasteiger partial charge < -0.3 is 10.2 Å². The minimum atomic E-state index is -0.205. The van der Waals surface area contributed by atoms with Gasteiger partial charge in [-0.05, 0) is 43.9 Å². The van der Waals surface area contributed by atoms with E-state index in [0.717, 1.165) is 55.9 Å². The molecule has 1 aromatic carbocycles. The molecule has 0 aromatic heterocycles. The van der Waals surface area contributed by atoms with Crippen LogP contribution >= 0.6 is 11.6 Å². The number of likely N-dealkylation sites (tertiary alicyclic amines) is 1. The molecule has 4 heteroatoms. The van der Waals surface area contributed by atoms with Gasteiger partial charge in [-0.1, -0.05) is 36.7 Å². The van der Waals surface area contributed by atoms with Crippen molar-refractivity contribution < 1.29 is 4.79 Å². The van der Waals surface area contributed by atoms with E-state index < -0.39 is 0 Å². The molecule has 2 unspecified atom stereocenters. The van der Waals surface area contributed by atoms with Crippen LogP contribution in [0.4, 0.5) is 0 Å². The average Bonchev–Trinajstić information content (AvgIpc) is 3.17. The van der Waals surface area contributed by atoms with Gasteiger partial charge in [-0.3, -0.25) is 4.79 Å². The van der Waals surface area contributed by atoms with Crippen LogP contribution in [0.5, 0.6) is 0 Å². The third kappa shape index (κ3) is 2.58. The molecule has 2 saturated heterocycles. The van der Waals surface area contributed by atoms with Crippen LogP contribution in [-0.2, 0) is 4.79 Å². The van der Waals surface area contributed by atoms with Crippen molar-refractivity contribution in [3.63, 3.8) is 0 Å². The molecule has 1 amide bonds. The number of hydrogen-bond donors (Lipinski definition) is 1. The second-order valence-corrected chi connectivity index (χ2v) is 6.65. The molecule has 0 saturated carbocycles. The quantitative estimate of drug-likeness (QED) is 0.928. The summed E-state index contributed by atoms with van der Waals surface area (Å²) < 4.78 is 0. The first-order chi connectivity index (χ1) is 10.2. The van der Waals surface area contributed by atoms with Crippen LogP contribution in [0, 0.1) is 5.41 Å². The van der Waals surface area contributed by atoms with Crippen LogP contribution in [0.15, 0.2) is 24.3 Å². The lowest BCUT2D eigenvalue weighted by molar-refractivity contribution is -0.142. The molecule has 2 fully saturated rings. The Morgan fingerprint density at radius 2 is 2.29 bits per heavy atom. The lowest BCUT2D eigenvalue weighted by atomic mass is 9.82. The fraction of sp³-hybridized carbons (Fsp3) is 0.588. The zero-order valence-corrected chi connectivity index (χ0v) is 13.3. The van der Waals surface area contributed by atoms with Crippen molar-refractivity contribution in [1.82, 2.24) is 10.2 Å². The summed E-state index contributed by atoms with van der Waals surface area (Å²) in [5, 5.41) is 4.14. The number of rotatable bonds is 3. The van der Waals surface area contributed by atoms with E-state index in [-0.39, 0.29) is 11.5 Å². The lowest BCUT2D eigenvalue weighted by Crippen LogP contribution is -2.44. The van der Waals surface area contributed by atoms with Crippen molar-refractivity contribution in [2.75, 3.05) is 19.6 Å². The summed E-state index contributed by atoms with van der Waals surface area (Å²) in [5.74, 6) is 0.317. The van der Waals surface area contributed by atoms with Crippen molar-refractivity contribution in [3.8, 4) is 0 Å². The normalized spacial score (nSPS) is 29.0. The molecule has 0 bridgehead atoms. The average molecular weight is 307 g/mol. The summed E-state index contributed by atoms with van der Waals surface area (Å²) in [6.07, 6.45) is 3.94. The highest BCUT2D eigenvalue weighted by molar-refractivity contribution is 6.31. The standard InChI is InChI=1S/C17H23ClN2O/c1-2-17(9-10-19-12-17)16(21)20-11-5-8-15(20)13-6-3-4-7-14(13)18/h3-4,6-7,15,19H,2,5,8-12H2,1H3. The molecule has 1 N–H and O–H groups in total. The SMILES string of the molecule is CCC1(C(=O)N2CCCC2c2ccccc2Cl)CCNC1. The molecule has 1 aromatic rings. The Kier molecular flexibility index (Phi) is 4.23. The Hall–Kier alpha value is -1.06. The number of benzene rings is 1. The summed E-state index contributed by atoms with van der Waals surface area (Å²) in [6, 6.07) is 8.08. The molecule has 0 spiro atoms. The molecule has 2 aliphatic heterocycles. The van der Waals surface area contributed by atoms with Crippen LogP contribution in [0.3, 0.4) is 0 Å². The van der Waals surface area contributed by atoms with E-state index in [2.05, 4.69) is 23.2 Å². The Labute approximate surface area is 131 Å². The molecule has 2 aliphatic rings. The first-order valence-electron chi connectivity index (χ1n) is 7.94. The molecule has 114 valence electrons. The topological polar surface area (TPSA) is 32.3 Å². The first kappa shape index (κ1) is 14.9. The molecular formula is C17H23ClN2O. The lowest BCUT2D eigenvalue weighted by Gasteiger charge is -2.34. The minimum absolute atomic E-state index is 0.148. The predicted molar refractivity (Wildman–Crippen MR) is 85.4 cm³/mol. The summed E-state index contributed by atoms with van der Waals surface area (Å²) >= 11 is 6.35. The second-order valence-electron chi connectivity index (χ2n) is 6.24. The fourth-order valence-corrected chi connectivity index (χ4v) is 4.02. The maximum atomic E-state index is 13.1. The van der Waals surface area contributed by atoms with Gasteiger partial charge in [-0.2, -0.15) is 0 Å². The third-order valence-corrected chi connectivity index (χ3v) is 5.50. The Balaban J connectivity index is 1.87. The summed E-state index contributed by atoms with van der Waals surface area (Å²) in [7, 11) is 0. The third-order valence-electron chi connectivity index (χ3n) is 5.15. The van der Waals surface area contributed by atoms with E-state index in [9.17, 15) is 4.79 Å². The monoisotopic (exact) mass is 306 g/mol. The largest absolute Gasteiger partial charge is 0.335 e. The van der Waals surface area contributed by atoms with Gasteiger partial charge >= 0.3 is 0 Å². The molecule has 3 nitrogen and oxygen atoms in total. The van der Waals surface area contributed by atoms with Gasteiger partial charge in [0.15, 0.2) is 0 Å². The van der Waals surface area contributed by atoms with Crippen LogP contribution < -0.4 is 5.32 Å².